The Morgan fingerprint density at radius 3 is 2.04 bits per heavy atom. The number of halogens is 1. The molecule has 2 rings (SSSR count). The minimum atomic E-state index is -4.20. The van der Waals surface area contributed by atoms with Crippen LogP contribution in [-0.4, -0.2) is 39.1 Å². The average molecular weight is 440 g/mol. The third kappa shape index (κ3) is 8.65. The van der Waals surface area contributed by atoms with Gasteiger partial charge in [0.15, 0.2) is 5.78 Å². The van der Waals surface area contributed by atoms with E-state index in [1.54, 1.807) is 18.2 Å². The number of ketones is 1. The van der Waals surface area contributed by atoms with Crippen molar-refractivity contribution >= 4 is 32.1 Å². The second-order valence-corrected chi connectivity index (χ2v) is 8.31. The maximum Gasteiger partial charge on any atom is 1.00 e. The Kier molecular flexibility index (Phi) is 10.6. The molecule has 0 fully saturated rings. The first-order valence-electron chi connectivity index (χ1n) is 7.11. The molecule has 0 saturated heterocycles. The van der Waals surface area contributed by atoms with E-state index in [4.69, 9.17) is 4.55 Å². The van der Waals surface area contributed by atoms with Gasteiger partial charge in [0.1, 0.15) is 0 Å². The summed E-state index contributed by atoms with van der Waals surface area (Å²) in [7, 11) is -8.00. The van der Waals surface area contributed by atoms with E-state index in [2.05, 4.69) is 4.40 Å². The molecule has 27 heavy (non-hydrogen) atoms. The summed E-state index contributed by atoms with van der Waals surface area (Å²) >= 11 is 0. The third-order valence-corrected chi connectivity index (χ3v) is 5.17. The zero-order valence-electron chi connectivity index (χ0n) is 14.3. The number of carbonyl (C=O) groups excluding carboxylic acids is 1. The molecule has 0 atom stereocenters. The molecule has 0 amide bonds. The summed E-state index contributed by atoms with van der Waals surface area (Å²) in [6.45, 7) is 0. The molecule has 0 unspecified atom stereocenters. The van der Waals surface area contributed by atoms with Crippen molar-refractivity contribution in [2.45, 2.75) is 11.3 Å². The first-order valence-corrected chi connectivity index (χ1v) is 10.2. The predicted octanol–water partition coefficient (Wildman–Crippen LogP) is -4.04. The molecule has 2 aromatic carbocycles. The largest absolute Gasteiger partial charge is 1.00 e. The van der Waals surface area contributed by atoms with E-state index in [1.165, 1.54) is 36.4 Å². The van der Waals surface area contributed by atoms with Gasteiger partial charge in [0.2, 0.25) is 0 Å². The number of hydrogen-bond donors (Lipinski definition) is 1. The van der Waals surface area contributed by atoms with E-state index in [1.807, 2.05) is 0 Å². The number of hydrogen-bond acceptors (Lipinski definition) is 5. The van der Waals surface area contributed by atoms with Gasteiger partial charge in [-0.3, -0.25) is 9.35 Å². The minimum Gasteiger partial charge on any atom is -1.00 e. The summed E-state index contributed by atoms with van der Waals surface area (Å²) in [5.41, 5.74) is 0.720. The molecule has 0 aliphatic rings. The van der Waals surface area contributed by atoms with E-state index in [0.717, 1.165) is 6.21 Å². The molecule has 2 aromatic rings. The summed E-state index contributed by atoms with van der Waals surface area (Å²) < 4.78 is 57.6. The molecule has 0 aromatic heterocycles. The second-order valence-electron chi connectivity index (χ2n) is 5.10. The Bertz CT molecular complexity index is 991. The Labute approximate surface area is 186 Å². The van der Waals surface area contributed by atoms with Crippen LogP contribution in [-0.2, 0) is 20.1 Å². The summed E-state index contributed by atoms with van der Waals surface area (Å²) in [4.78, 5) is 11.9. The Morgan fingerprint density at radius 2 is 1.52 bits per heavy atom. The average Bonchev–Trinajstić information content (AvgIpc) is 2.58. The van der Waals surface area contributed by atoms with Crippen molar-refractivity contribution in [1.29, 1.82) is 0 Å². The van der Waals surface area contributed by atoms with Gasteiger partial charge in [0.25, 0.3) is 20.1 Å². The van der Waals surface area contributed by atoms with Gasteiger partial charge in [-0.1, -0.05) is 42.5 Å². The fraction of sp³-hybridized carbons (Fsp3) is 0.125. The topological polar surface area (TPSA) is 118 Å². The van der Waals surface area contributed by atoms with Crippen LogP contribution in [0.5, 0.6) is 0 Å². The first-order chi connectivity index (χ1) is 11.7. The van der Waals surface area contributed by atoms with Gasteiger partial charge < -0.3 is 12.4 Å². The fourth-order valence-electron chi connectivity index (χ4n) is 1.90. The van der Waals surface area contributed by atoms with E-state index < -0.39 is 31.7 Å². The van der Waals surface area contributed by atoms with Crippen molar-refractivity contribution in [2.24, 2.45) is 4.40 Å². The zero-order chi connectivity index (χ0) is 18.5. The maximum atomic E-state index is 12.0. The number of nitrogens with zero attached hydrogens (tertiary/aromatic N) is 1. The minimum absolute atomic E-state index is 0. The molecule has 11 heteroatoms. The molecule has 0 heterocycles. The van der Waals surface area contributed by atoms with E-state index in [0.29, 0.717) is 5.56 Å². The van der Waals surface area contributed by atoms with Crippen LogP contribution in [0.15, 0.2) is 63.9 Å². The number of sulfonamides is 1. The Morgan fingerprint density at radius 1 is 0.963 bits per heavy atom. The van der Waals surface area contributed by atoms with Gasteiger partial charge in [0.05, 0.1) is 10.6 Å². The van der Waals surface area contributed by atoms with Gasteiger partial charge in [-0.2, -0.15) is 21.2 Å². The summed E-state index contributed by atoms with van der Waals surface area (Å²) in [5, 5.41) is 0. The van der Waals surface area contributed by atoms with Crippen LogP contribution >= 0.6 is 0 Å². The smallest absolute Gasteiger partial charge is 1.00 e. The van der Waals surface area contributed by atoms with Gasteiger partial charge in [0, 0.05) is 18.2 Å². The molecule has 0 aliphatic heterocycles. The van der Waals surface area contributed by atoms with Crippen molar-refractivity contribution in [3.8, 4) is 0 Å². The summed E-state index contributed by atoms with van der Waals surface area (Å²) in [5.74, 6) is -1.09. The van der Waals surface area contributed by atoms with E-state index in [-0.39, 0.29) is 58.8 Å². The maximum absolute atomic E-state index is 12.0. The van der Waals surface area contributed by atoms with Gasteiger partial charge in [-0.05, 0) is 17.7 Å². The number of Topliss-reactive ketones (excluding diaryl/α,β-unsaturated/α-hetero) is 1. The molecule has 0 saturated carbocycles. The van der Waals surface area contributed by atoms with Gasteiger partial charge in [-0.25, -0.2) is 0 Å². The molecule has 0 spiro atoms. The third-order valence-electron chi connectivity index (χ3n) is 3.20. The Hall–Kier alpha value is -1.07. The van der Waals surface area contributed by atoms with Crippen molar-refractivity contribution in [1.82, 2.24) is 0 Å². The van der Waals surface area contributed by atoms with Crippen LogP contribution in [0, 0.1) is 0 Å². The van der Waals surface area contributed by atoms with Crippen LogP contribution in [0.1, 0.15) is 22.3 Å². The molecule has 0 aliphatic carbocycles. The predicted molar refractivity (Wildman–Crippen MR) is 93.0 cm³/mol. The summed E-state index contributed by atoms with van der Waals surface area (Å²) in [6, 6.07) is 13.6. The number of benzene rings is 2. The monoisotopic (exact) mass is 439 g/mol. The SMILES string of the molecule is O=C(CCS(=O)(=O)O)c1ccc(C=NS(=O)(=O)c2ccccc2)cc1.[Cl-].[Na+]. The number of rotatable bonds is 7. The normalized spacial score (nSPS) is 11.4. The standard InChI is InChI=1S/C16H15NO6S2.ClH.Na/c18-16(10-11-24(19,20)21)14-8-6-13(7-9-14)12-17-25(22,23)15-4-2-1-3-5-15;;/h1-9,12H,10-11H2,(H,19,20,21);1H;/q;;+1/p-1. The van der Waals surface area contributed by atoms with Gasteiger partial charge >= 0.3 is 29.6 Å². The molecule has 1 N–H and O–H groups in total. The second kappa shape index (κ2) is 11.1. The van der Waals surface area contributed by atoms with E-state index in [9.17, 15) is 21.6 Å². The summed E-state index contributed by atoms with van der Waals surface area (Å²) in [6.07, 6.45) is 0.823. The molecule has 0 bridgehead atoms. The quantitative estimate of drug-likeness (QED) is 0.203. The number of carbonyl (C=O) groups is 1. The van der Waals surface area contributed by atoms with Crippen molar-refractivity contribution in [2.75, 3.05) is 5.75 Å². The zero-order valence-corrected chi connectivity index (χ0v) is 18.7. The molecular weight excluding hydrogens is 425 g/mol. The van der Waals surface area contributed by atoms with Crippen LogP contribution in [0.3, 0.4) is 0 Å². The Balaban J connectivity index is 0.00000338. The van der Waals surface area contributed by atoms with E-state index >= 15 is 0 Å². The van der Waals surface area contributed by atoms with Crippen molar-refractivity contribution in [3.05, 3.63) is 65.7 Å². The fourth-order valence-corrected chi connectivity index (χ4v) is 3.23. The first kappa shape index (κ1) is 25.9. The van der Waals surface area contributed by atoms with Crippen LogP contribution in [0.4, 0.5) is 0 Å². The van der Waals surface area contributed by atoms with Crippen molar-refractivity contribution in [3.63, 3.8) is 0 Å². The van der Waals surface area contributed by atoms with Crippen LogP contribution in [0.25, 0.3) is 0 Å². The van der Waals surface area contributed by atoms with Crippen LogP contribution in [0.2, 0.25) is 0 Å². The van der Waals surface area contributed by atoms with Crippen molar-refractivity contribution < 1.29 is 68.1 Å². The van der Waals surface area contributed by atoms with Gasteiger partial charge in [-0.15, -0.1) is 0 Å². The molecule has 7 nitrogen and oxygen atoms in total. The molecular formula is C16H15ClNNaO6S2. The molecule has 140 valence electrons. The molecule has 0 radical (unpaired) electrons. The van der Waals surface area contributed by atoms with Crippen LogP contribution < -0.4 is 42.0 Å².